The first-order chi connectivity index (χ1) is 15.3. The van der Waals surface area contributed by atoms with Gasteiger partial charge in [-0.1, -0.05) is 48.0 Å². The van der Waals surface area contributed by atoms with Crippen LogP contribution in [0, 0.1) is 6.92 Å². The fraction of sp³-hybridized carbons (Fsp3) is 0.261. The summed E-state index contributed by atoms with van der Waals surface area (Å²) in [6.45, 7) is 3.34. The molecule has 1 N–H and O–H groups in total. The lowest BCUT2D eigenvalue weighted by atomic mass is 10.1. The highest BCUT2D eigenvalue weighted by Gasteiger charge is 2.20. The SMILES string of the molecule is CC(=O)OCCOc1ncnc(NS(=O)(=O)c2ccc(C)cc2)c1CCc1ccccc1. The molecule has 0 amide bonds. The quantitative estimate of drug-likeness (QED) is 0.369. The van der Waals surface area contributed by atoms with Crippen LogP contribution < -0.4 is 9.46 Å². The lowest BCUT2D eigenvalue weighted by molar-refractivity contribution is -0.141. The van der Waals surface area contributed by atoms with E-state index in [4.69, 9.17) is 9.47 Å². The Morgan fingerprint density at radius 2 is 1.69 bits per heavy atom. The Kier molecular flexibility index (Phi) is 7.77. The van der Waals surface area contributed by atoms with E-state index in [0.29, 0.717) is 18.4 Å². The molecule has 1 heterocycles. The molecule has 168 valence electrons. The Labute approximate surface area is 187 Å². The van der Waals surface area contributed by atoms with Crippen molar-refractivity contribution in [3.8, 4) is 5.88 Å². The van der Waals surface area contributed by atoms with Crippen LogP contribution >= 0.6 is 0 Å². The number of aromatic nitrogens is 2. The van der Waals surface area contributed by atoms with Crippen molar-refractivity contribution in [3.63, 3.8) is 0 Å². The topological polar surface area (TPSA) is 107 Å². The van der Waals surface area contributed by atoms with E-state index in [1.807, 2.05) is 37.3 Å². The molecule has 3 aromatic rings. The van der Waals surface area contributed by atoms with E-state index in [1.54, 1.807) is 24.3 Å². The van der Waals surface area contributed by atoms with Gasteiger partial charge in [-0.3, -0.25) is 9.52 Å². The highest BCUT2D eigenvalue weighted by Crippen LogP contribution is 2.26. The third kappa shape index (κ3) is 6.52. The number of benzene rings is 2. The summed E-state index contributed by atoms with van der Waals surface area (Å²) in [5.41, 5.74) is 2.56. The van der Waals surface area contributed by atoms with E-state index in [2.05, 4.69) is 14.7 Å². The predicted molar refractivity (Wildman–Crippen MR) is 120 cm³/mol. The maximum atomic E-state index is 12.9. The first-order valence-electron chi connectivity index (χ1n) is 10.1. The van der Waals surface area contributed by atoms with E-state index >= 15 is 0 Å². The van der Waals surface area contributed by atoms with Crippen molar-refractivity contribution in [2.75, 3.05) is 17.9 Å². The zero-order chi connectivity index (χ0) is 23.0. The molecular weight excluding hydrogens is 430 g/mol. The number of anilines is 1. The monoisotopic (exact) mass is 455 g/mol. The number of rotatable bonds is 10. The number of carbonyl (C=O) groups excluding carboxylic acids is 1. The molecule has 3 rings (SSSR count). The Bertz CT molecular complexity index is 1150. The number of sulfonamides is 1. The summed E-state index contributed by atoms with van der Waals surface area (Å²) in [5.74, 6) is -0.0178. The Morgan fingerprint density at radius 1 is 0.969 bits per heavy atom. The predicted octanol–water partition coefficient (Wildman–Crippen LogP) is 3.31. The van der Waals surface area contributed by atoms with Crippen LogP contribution in [-0.2, 0) is 32.4 Å². The number of nitrogens with one attached hydrogen (secondary N) is 1. The average molecular weight is 456 g/mol. The van der Waals surface area contributed by atoms with Gasteiger partial charge in [0.05, 0.1) is 10.5 Å². The van der Waals surface area contributed by atoms with Crippen molar-refractivity contribution in [2.24, 2.45) is 0 Å². The normalized spacial score (nSPS) is 11.1. The van der Waals surface area contributed by atoms with Gasteiger partial charge < -0.3 is 9.47 Å². The number of aryl methyl sites for hydroxylation is 2. The molecule has 0 atom stereocenters. The van der Waals surface area contributed by atoms with Gasteiger partial charge in [-0.05, 0) is 37.5 Å². The summed E-state index contributed by atoms with van der Waals surface area (Å²) in [6, 6.07) is 16.3. The molecule has 0 saturated carbocycles. The molecule has 0 aliphatic rings. The molecule has 0 aliphatic heterocycles. The maximum absolute atomic E-state index is 12.9. The molecule has 1 aromatic heterocycles. The van der Waals surface area contributed by atoms with Crippen molar-refractivity contribution in [1.29, 1.82) is 0 Å². The number of hydrogen-bond donors (Lipinski definition) is 1. The van der Waals surface area contributed by atoms with E-state index in [9.17, 15) is 13.2 Å². The van der Waals surface area contributed by atoms with Gasteiger partial charge in [0.2, 0.25) is 5.88 Å². The van der Waals surface area contributed by atoms with Crippen LogP contribution in [0.25, 0.3) is 0 Å². The van der Waals surface area contributed by atoms with Gasteiger partial charge in [0, 0.05) is 6.92 Å². The minimum atomic E-state index is -3.85. The number of esters is 1. The number of ether oxygens (including phenoxy) is 2. The molecule has 2 aromatic carbocycles. The van der Waals surface area contributed by atoms with Crippen LogP contribution in [0.5, 0.6) is 5.88 Å². The standard InChI is InChI=1S/C23H25N3O5S/c1-17-8-11-20(12-9-17)32(28,29)26-22-21(13-10-19-6-4-3-5-7-19)23(25-16-24-22)31-15-14-30-18(2)27/h3-9,11-12,16H,10,13-15H2,1-2H3,(H,24,25,26). The molecule has 0 saturated heterocycles. The molecular formula is C23H25N3O5S. The van der Waals surface area contributed by atoms with Crippen LogP contribution in [0.1, 0.15) is 23.6 Å². The lowest BCUT2D eigenvalue weighted by Gasteiger charge is -2.15. The molecule has 0 radical (unpaired) electrons. The summed E-state index contributed by atoms with van der Waals surface area (Å²) in [6.07, 6.45) is 2.31. The van der Waals surface area contributed by atoms with E-state index in [-0.39, 0.29) is 29.8 Å². The third-order valence-corrected chi connectivity index (χ3v) is 5.96. The first kappa shape index (κ1) is 23.2. The van der Waals surface area contributed by atoms with Crippen LogP contribution in [0.15, 0.2) is 65.8 Å². The van der Waals surface area contributed by atoms with Crippen LogP contribution in [0.4, 0.5) is 5.82 Å². The highest BCUT2D eigenvalue weighted by atomic mass is 32.2. The molecule has 0 fully saturated rings. The summed E-state index contributed by atoms with van der Waals surface area (Å²) >= 11 is 0. The van der Waals surface area contributed by atoms with Crippen LogP contribution in [0.3, 0.4) is 0 Å². The van der Waals surface area contributed by atoms with Crippen molar-refractivity contribution < 1.29 is 22.7 Å². The van der Waals surface area contributed by atoms with Gasteiger partial charge in [-0.25, -0.2) is 18.4 Å². The van der Waals surface area contributed by atoms with E-state index in [1.165, 1.54) is 13.3 Å². The van der Waals surface area contributed by atoms with Crippen LogP contribution in [-0.4, -0.2) is 37.6 Å². The van der Waals surface area contributed by atoms with Crippen molar-refractivity contribution >= 4 is 21.8 Å². The fourth-order valence-electron chi connectivity index (χ4n) is 2.98. The summed E-state index contributed by atoms with van der Waals surface area (Å²) in [7, 11) is -3.85. The first-order valence-corrected chi connectivity index (χ1v) is 11.6. The van der Waals surface area contributed by atoms with Gasteiger partial charge in [-0.15, -0.1) is 0 Å². The fourth-order valence-corrected chi connectivity index (χ4v) is 4.02. The minimum absolute atomic E-state index is 0.0574. The molecule has 32 heavy (non-hydrogen) atoms. The zero-order valence-corrected chi connectivity index (χ0v) is 18.8. The second-order valence-electron chi connectivity index (χ2n) is 7.10. The Morgan fingerprint density at radius 3 is 2.38 bits per heavy atom. The Balaban J connectivity index is 1.86. The largest absolute Gasteiger partial charge is 0.474 e. The zero-order valence-electron chi connectivity index (χ0n) is 17.9. The maximum Gasteiger partial charge on any atom is 0.302 e. The van der Waals surface area contributed by atoms with E-state index < -0.39 is 16.0 Å². The smallest absolute Gasteiger partial charge is 0.302 e. The van der Waals surface area contributed by atoms with E-state index in [0.717, 1.165) is 11.1 Å². The molecule has 0 aliphatic carbocycles. The minimum Gasteiger partial charge on any atom is -0.474 e. The van der Waals surface area contributed by atoms with Gasteiger partial charge >= 0.3 is 5.97 Å². The second-order valence-corrected chi connectivity index (χ2v) is 8.78. The molecule has 0 spiro atoms. The number of nitrogens with zero attached hydrogens (tertiary/aromatic N) is 2. The number of carbonyl (C=O) groups is 1. The summed E-state index contributed by atoms with van der Waals surface area (Å²) in [5, 5.41) is 0. The molecule has 0 unspecified atom stereocenters. The van der Waals surface area contributed by atoms with Crippen molar-refractivity contribution in [3.05, 3.63) is 77.6 Å². The Hall–Kier alpha value is -3.46. The lowest BCUT2D eigenvalue weighted by Crippen LogP contribution is -2.17. The third-order valence-electron chi connectivity index (χ3n) is 4.60. The molecule has 9 heteroatoms. The molecule has 8 nitrogen and oxygen atoms in total. The van der Waals surface area contributed by atoms with Gasteiger partial charge in [0.25, 0.3) is 10.0 Å². The summed E-state index contributed by atoms with van der Waals surface area (Å²) < 4.78 is 39.0. The summed E-state index contributed by atoms with van der Waals surface area (Å²) in [4.78, 5) is 19.4. The second kappa shape index (κ2) is 10.7. The van der Waals surface area contributed by atoms with Gasteiger partial charge in [0.1, 0.15) is 25.4 Å². The molecule has 0 bridgehead atoms. The van der Waals surface area contributed by atoms with Crippen LogP contribution in [0.2, 0.25) is 0 Å². The average Bonchev–Trinajstić information content (AvgIpc) is 2.77. The highest BCUT2D eigenvalue weighted by molar-refractivity contribution is 7.92. The number of hydrogen-bond acceptors (Lipinski definition) is 7. The van der Waals surface area contributed by atoms with Crippen molar-refractivity contribution in [2.45, 2.75) is 31.6 Å². The van der Waals surface area contributed by atoms with Gasteiger partial charge in [0.15, 0.2) is 0 Å². The van der Waals surface area contributed by atoms with Crippen molar-refractivity contribution in [1.82, 2.24) is 9.97 Å². The van der Waals surface area contributed by atoms with Gasteiger partial charge in [-0.2, -0.15) is 0 Å².